The van der Waals surface area contributed by atoms with E-state index in [4.69, 9.17) is 4.74 Å². The molecule has 0 aromatic heterocycles. The lowest BCUT2D eigenvalue weighted by molar-refractivity contribution is -0.122. The van der Waals surface area contributed by atoms with Crippen LogP contribution in [0.5, 0.6) is 11.5 Å². The van der Waals surface area contributed by atoms with E-state index < -0.39 is 0 Å². The number of benzene rings is 2. The first-order valence-corrected chi connectivity index (χ1v) is 8.73. The molecule has 0 bridgehead atoms. The Balaban J connectivity index is 1.75. The molecule has 2 N–H and O–H groups in total. The van der Waals surface area contributed by atoms with Crippen molar-refractivity contribution >= 4 is 34.7 Å². The predicted molar refractivity (Wildman–Crippen MR) is 102 cm³/mol. The summed E-state index contributed by atoms with van der Waals surface area (Å²) in [5.74, 6) is -0.0347. The van der Waals surface area contributed by atoms with Crippen LogP contribution in [0.15, 0.2) is 47.4 Å². The first-order valence-electron chi connectivity index (χ1n) is 7.91. The highest BCUT2D eigenvalue weighted by Crippen LogP contribution is 2.34. The number of nitrogens with one attached hydrogen (secondary N) is 1. The molecule has 3 rings (SSSR count). The van der Waals surface area contributed by atoms with Gasteiger partial charge in [0.1, 0.15) is 0 Å². The molecule has 0 unspecified atom stereocenters. The molecule has 134 valence electrons. The Morgan fingerprint density at radius 2 is 2.00 bits per heavy atom. The van der Waals surface area contributed by atoms with E-state index in [0.717, 1.165) is 23.0 Å². The van der Waals surface area contributed by atoms with Gasteiger partial charge in [0, 0.05) is 5.69 Å². The number of rotatable bonds is 5. The number of amides is 2. The van der Waals surface area contributed by atoms with Gasteiger partial charge in [0.25, 0.3) is 11.1 Å². The molecular weight excluding hydrogens is 352 g/mol. The number of hydrogen-bond acceptors (Lipinski definition) is 6. The maximum atomic E-state index is 12.5. The molecule has 0 spiro atoms. The van der Waals surface area contributed by atoms with Gasteiger partial charge in [0.05, 0.1) is 18.7 Å². The number of methoxy groups -OCH3 is 1. The molecule has 2 amide bonds. The molecule has 1 heterocycles. The summed E-state index contributed by atoms with van der Waals surface area (Å²) >= 11 is 0.889. The summed E-state index contributed by atoms with van der Waals surface area (Å²) in [6.07, 6.45) is 1.61. The number of aromatic hydroxyl groups is 1. The monoisotopic (exact) mass is 370 g/mol. The molecule has 0 aliphatic carbocycles. The van der Waals surface area contributed by atoms with Gasteiger partial charge in [-0.1, -0.05) is 24.3 Å². The van der Waals surface area contributed by atoms with E-state index in [-0.39, 0.29) is 23.6 Å². The molecule has 7 heteroatoms. The number of imide groups is 1. The number of para-hydroxylation sites is 1. The number of thioether (sulfide) groups is 1. The average Bonchev–Trinajstić information content (AvgIpc) is 2.89. The van der Waals surface area contributed by atoms with Crippen molar-refractivity contribution < 1.29 is 19.4 Å². The van der Waals surface area contributed by atoms with Gasteiger partial charge in [-0.05, 0) is 54.1 Å². The molecule has 1 saturated heterocycles. The molecule has 1 aliphatic rings. The van der Waals surface area contributed by atoms with Crippen LogP contribution in [0.4, 0.5) is 10.5 Å². The molecular formula is C19H18N2O4S. The number of carbonyl (C=O) groups is 2. The standard InChI is InChI=1S/C19H18N2O4S/c1-12-5-3-4-6-14(12)20-11-21-18(23)17(26-19(21)24)10-13-7-8-15(22)16(9-13)25-2/h3-10,20,22H,11H2,1-2H3. The lowest BCUT2D eigenvalue weighted by Gasteiger charge is -2.15. The first-order chi connectivity index (χ1) is 12.5. The summed E-state index contributed by atoms with van der Waals surface area (Å²) in [6.45, 7) is 2.06. The Hall–Kier alpha value is -2.93. The van der Waals surface area contributed by atoms with Crippen LogP contribution < -0.4 is 10.1 Å². The second-order valence-corrected chi connectivity index (χ2v) is 6.68. The van der Waals surface area contributed by atoms with Crippen molar-refractivity contribution in [1.29, 1.82) is 0 Å². The number of carbonyl (C=O) groups excluding carboxylic acids is 2. The Kier molecular flexibility index (Phi) is 5.18. The second kappa shape index (κ2) is 7.53. The molecule has 0 saturated carbocycles. The van der Waals surface area contributed by atoms with Gasteiger partial charge in [-0.15, -0.1) is 0 Å². The molecule has 1 fully saturated rings. The Morgan fingerprint density at radius 1 is 1.23 bits per heavy atom. The van der Waals surface area contributed by atoms with Gasteiger partial charge in [-0.2, -0.15) is 0 Å². The van der Waals surface area contributed by atoms with Crippen molar-refractivity contribution in [2.24, 2.45) is 0 Å². The van der Waals surface area contributed by atoms with E-state index in [2.05, 4.69) is 5.32 Å². The molecule has 26 heavy (non-hydrogen) atoms. The topological polar surface area (TPSA) is 78.9 Å². The van der Waals surface area contributed by atoms with E-state index in [1.807, 2.05) is 31.2 Å². The van der Waals surface area contributed by atoms with Crippen molar-refractivity contribution in [2.75, 3.05) is 19.1 Å². The number of phenols is 1. The third kappa shape index (κ3) is 3.67. The number of hydrogen-bond donors (Lipinski definition) is 2. The summed E-state index contributed by atoms with van der Waals surface area (Å²) < 4.78 is 5.06. The highest BCUT2D eigenvalue weighted by atomic mass is 32.2. The molecule has 6 nitrogen and oxygen atoms in total. The van der Waals surface area contributed by atoms with E-state index in [1.165, 1.54) is 18.1 Å². The molecule has 2 aromatic carbocycles. The van der Waals surface area contributed by atoms with E-state index in [1.54, 1.807) is 18.2 Å². The summed E-state index contributed by atoms with van der Waals surface area (Å²) in [4.78, 5) is 26.2. The summed E-state index contributed by atoms with van der Waals surface area (Å²) in [6, 6.07) is 12.4. The average molecular weight is 370 g/mol. The highest BCUT2D eigenvalue weighted by molar-refractivity contribution is 8.18. The van der Waals surface area contributed by atoms with Crippen LogP contribution in [0.2, 0.25) is 0 Å². The Labute approximate surface area is 155 Å². The normalized spacial score (nSPS) is 15.6. The van der Waals surface area contributed by atoms with Gasteiger partial charge in [0.15, 0.2) is 11.5 Å². The minimum Gasteiger partial charge on any atom is -0.504 e. The van der Waals surface area contributed by atoms with Crippen LogP contribution in [0.3, 0.4) is 0 Å². The van der Waals surface area contributed by atoms with Crippen LogP contribution >= 0.6 is 11.8 Å². The zero-order chi connectivity index (χ0) is 18.7. The van der Waals surface area contributed by atoms with Gasteiger partial charge in [0.2, 0.25) is 0 Å². The van der Waals surface area contributed by atoms with Crippen molar-refractivity contribution in [3.63, 3.8) is 0 Å². The zero-order valence-electron chi connectivity index (χ0n) is 14.4. The lowest BCUT2D eigenvalue weighted by Crippen LogP contribution is -2.33. The van der Waals surface area contributed by atoms with E-state index >= 15 is 0 Å². The fourth-order valence-electron chi connectivity index (χ4n) is 2.51. The van der Waals surface area contributed by atoms with Crippen LogP contribution in [0.1, 0.15) is 11.1 Å². The number of nitrogens with zero attached hydrogens (tertiary/aromatic N) is 1. The third-order valence-corrected chi connectivity index (χ3v) is 4.86. The van der Waals surface area contributed by atoms with Gasteiger partial charge < -0.3 is 15.2 Å². The zero-order valence-corrected chi connectivity index (χ0v) is 15.2. The maximum Gasteiger partial charge on any atom is 0.295 e. The minimum atomic E-state index is -0.354. The highest BCUT2D eigenvalue weighted by Gasteiger charge is 2.34. The van der Waals surface area contributed by atoms with Crippen LogP contribution in [0, 0.1) is 6.92 Å². The fraction of sp³-hybridized carbons (Fsp3) is 0.158. The van der Waals surface area contributed by atoms with Crippen LogP contribution in [0.25, 0.3) is 6.08 Å². The van der Waals surface area contributed by atoms with Gasteiger partial charge in [-0.25, -0.2) is 0 Å². The fourth-order valence-corrected chi connectivity index (χ4v) is 3.35. The Bertz CT molecular complexity index is 895. The molecule has 0 atom stereocenters. The van der Waals surface area contributed by atoms with E-state index in [9.17, 15) is 14.7 Å². The van der Waals surface area contributed by atoms with E-state index in [0.29, 0.717) is 16.2 Å². The van der Waals surface area contributed by atoms with Gasteiger partial charge >= 0.3 is 0 Å². The quantitative estimate of drug-likeness (QED) is 0.779. The number of phenolic OH excluding ortho intramolecular Hbond substituents is 1. The van der Waals surface area contributed by atoms with Crippen molar-refractivity contribution in [1.82, 2.24) is 4.90 Å². The SMILES string of the molecule is COc1cc(C=C2SC(=O)N(CNc3ccccc3C)C2=O)ccc1O. The second-order valence-electron chi connectivity index (χ2n) is 5.69. The van der Waals surface area contributed by atoms with Crippen molar-refractivity contribution in [2.45, 2.75) is 6.92 Å². The van der Waals surface area contributed by atoms with Gasteiger partial charge in [-0.3, -0.25) is 14.5 Å². The smallest absolute Gasteiger partial charge is 0.295 e. The largest absolute Gasteiger partial charge is 0.504 e. The summed E-state index contributed by atoms with van der Waals surface area (Å²) in [5.41, 5.74) is 2.57. The molecule has 0 radical (unpaired) electrons. The minimum absolute atomic E-state index is 0.0141. The number of ether oxygens (including phenoxy) is 1. The predicted octanol–water partition coefficient (Wildman–Crippen LogP) is 3.82. The number of aryl methyl sites for hydroxylation is 1. The summed E-state index contributed by atoms with van der Waals surface area (Å²) in [7, 11) is 1.45. The van der Waals surface area contributed by atoms with Crippen LogP contribution in [-0.4, -0.2) is 34.9 Å². The first kappa shape index (κ1) is 17.9. The van der Waals surface area contributed by atoms with Crippen LogP contribution in [-0.2, 0) is 4.79 Å². The lowest BCUT2D eigenvalue weighted by atomic mass is 10.2. The maximum absolute atomic E-state index is 12.5. The third-order valence-electron chi connectivity index (χ3n) is 3.95. The molecule has 2 aromatic rings. The van der Waals surface area contributed by atoms with Crippen molar-refractivity contribution in [3.05, 3.63) is 58.5 Å². The van der Waals surface area contributed by atoms with Crippen molar-refractivity contribution in [3.8, 4) is 11.5 Å². The number of anilines is 1. The molecule has 1 aliphatic heterocycles. The summed E-state index contributed by atoms with van der Waals surface area (Å²) in [5, 5.41) is 12.4. The Morgan fingerprint density at radius 3 is 2.73 bits per heavy atom.